The number of nitrogens with one attached hydrogen (secondary N) is 2. The number of benzene rings is 3. The molecule has 0 spiro atoms. The lowest BCUT2D eigenvalue weighted by Gasteiger charge is -2.35. The summed E-state index contributed by atoms with van der Waals surface area (Å²) in [5.41, 5.74) is -0.455. The molecule has 0 unspecified atom stereocenters. The number of amides is 3. The van der Waals surface area contributed by atoms with Crippen molar-refractivity contribution < 1.29 is 45.8 Å². The number of likely N-dealkylation sites (N-methyl/N-ethyl adjacent to an activating group) is 1. The molecule has 284 valence electrons. The van der Waals surface area contributed by atoms with Crippen LogP contribution in [0.1, 0.15) is 56.0 Å². The summed E-state index contributed by atoms with van der Waals surface area (Å²) in [4.78, 5) is 30.2. The van der Waals surface area contributed by atoms with E-state index in [4.69, 9.17) is 21.1 Å². The van der Waals surface area contributed by atoms with Gasteiger partial charge in [0.15, 0.2) is 0 Å². The number of halogens is 4. The molecular formula is C36H44ClF3N4O7S. The predicted molar refractivity (Wildman–Crippen MR) is 192 cm³/mol. The second kappa shape index (κ2) is 17.6. The number of alkyl halides is 3. The number of rotatable bonds is 8. The molecule has 3 aromatic rings. The molecule has 1 aliphatic heterocycles. The second-order valence-electron chi connectivity index (χ2n) is 13.0. The van der Waals surface area contributed by atoms with Crippen molar-refractivity contribution in [2.45, 2.75) is 69.4 Å². The van der Waals surface area contributed by atoms with Crippen LogP contribution in [0.25, 0.3) is 0 Å². The number of hydrogen-bond donors (Lipinski definition) is 3. The van der Waals surface area contributed by atoms with Crippen LogP contribution in [0.3, 0.4) is 0 Å². The third-order valence-electron chi connectivity index (χ3n) is 8.69. The normalized spacial score (nSPS) is 19.8. The molecule has 1 aliphatic rings. The van der Waals surface area contributed by atoms with Gasteiger partial charge in [0.25, 0.3) is 15.9 Å². The van der Waals surface area contributed by atoms with Crippen LogP contribution in [0, 0.1) is 5.92 Å². The SMILES string of the molecule is C[C@@H]1CCCCO[C@H](CN(C)C(=O)Nc2ccc(C(F)(F)F)cc2)[C@H](C)CN([C@@H](C)CO)C(=O)c2cc(NS(=O)(=O)c3ccc(Cl)cc3)ccc2O1. The van der Waals surface area contributed by atoms with Crippen LogP contribution in [0.2, 0.25) is 5.02 Å². The smallest absolute Gasteiger partial charge is 0.416 e. The average molecular weight is 769 g/mol. The summed E-state index contributed by atoms with van der Waals surface area (Å²) >= 11 is 5.93. The third kappa shape index (κ3) is 11.0. The molecule has 52 heavy (non-hydrogen) atoms. The molecule has 0 radical (unpaired) electrons. The van der Waals surface area contributed by atoms with E-state index in [0.29, 0.717) is 24.5 Å². The van der Waals surface area contributed by atoms with Crippen LogP contribution in [0.15, 0.2) is 71.6 Å². The van der Waals surface area contributed by atoms with Gasteiger partial charge in [-0.15, -0.1) is 0 Å². The number of aliphatic hydroxyl groups is 1. The van der Waals surface area contributed by atoms with E-state index >= 15 is 0 Å². The molecule has 0 bridgehead atoms. The molecule has 11 nitrogen and oxygen atoms in total. The summed E-state index contributed by atoms with van der Waals surface area (Å²) in [6.07, 6.45) is -3.39. The van der Waals surface area contributed by atoms with Crippen molar-refractivity contribution >= 4 is 44.9 Å². The van der Waals surface area contributed by atoms with E-state index in [9.17, 15) is 36.3 Å². The number of ether oxygens (including phenoxy) is 2. The highest BCUT2D eigenvalue weighted by Gasteiger charge is 2.32. The lowest BCUT2D eigenvalue weighted by Crippen LogP contribution is -2.48. The fourth-order valence-electron chi connectivity index (χ4n) is 5.59. The van der Waals surface area contributed by atoms with Crippen LogP contribution in [0.4, 0.5) is 29.3 Å². The van der Waals surface area contributed by atoms with Crippen molar-refractivity contribution in [1.82, 2.24) is 9.80 Å². The minimum atomic E-state index is -4.51. The fourth-order valence-corrected chi connectivity index (χ4v) is 6.77. The molecule has 1 heterocycles. The van der Waals surface area contributed by atoms with Crippen molar-refractivity contribution in [3.8, 4) is 5.75 Å². The van der Waals surface area contributed by atoms with Gasteiger partial charge in [-0.1, -0.05) is 18.5 Å². The first-order valence-corrected chi connectivity index (χ1v) is 18.7. The molecule has 3 N–H and O–H groups in total. The minimum Gasteiger partial charge on any atom is -0.490 e. The van der Waals surface area contributed by atoms with E-state index < -0.39 is 51.8 Å². The summed E-state index contributed by atoms with van der Waals surface area (Å²) in [5, 5.41) is 13.2. The number of anilines is 2. The molecule has 4 rings (SSSR count). The minimum absolute atomic E-state index is 0.0263. The van der Waals surface area contributed by atoms with Gasteiger partial charge in [-0.05, 0) is 99.8 Å². The van der Waals surface area contributed by atoms with Crippen LogP contribution in [0.5, 0.6) is 5.75 Å². The van der Waals surface area contributed by atoms with Gasteiger partial charge in [-0.3, -0.25) is 9.52 Å². The molecule has 0 saturated carbocycles. The Morgan fingerprint density at radius 1 is 1.06 bits per heavy atom. The van der Waals surface area contributed by atoms with Crippen molar-refractivity contribution in [3.05, 3.63) is 82.9 Å². The van der Waals surface area contributed by atoms with E-state index in [1.165, 1.54) is 71.4 Å². The number of carbonyl (C=O) groups is 2. The lowest BCUT2D eigenvalue weighted by molar-refractivity contribution is -0.137. The molecule has 0 fully saturated rings. The van der Waals surface area contributed by atoms with Gasteiger partial charge in [0.05, 0.1) is 40.9 Å². The summed E-state index contributed by atoms with van der Waals surface area (Å²) in [6, 6.07) is 12.9. The van der Waals surface area contributed by atoms with E-state index in [1.807, 2.05) is 13.8 Å². The molecule has 3 amide bonds. The number of carbonyl (C=O) groups excluding carboxylic acids is 2. The Labute approximate surface area is 307 Å². The summed E-state index contributed by atoms with van der Waals surface area (Å²) in [5.74, 6) is -0.663. The highest BCUT2D eigenvalue weighted by Crippen LogP contribution is 2.31. The maximum absolute atomic E-state index is 14.4. The fraction of sp³-hybridized carbons (Fsp3) is 0.444. The maximum Gasteiger partial charge on any atom is 0.416 e. The largest absolute Gasteiger partial charge is 0.490 e. The lowest BCUT2D eigenvalue weighted by atomic mass is 10.0. The topological polar surface area (TPSA) is 138 Å². The van der Waals surface area contributed by atoms with E-state index in [-0.39, 0.29) is 53.4 Å². The quantitative estimate of drug-likeness (QED) is 0.222. The number of urea groups is 1. The van der Waals surface area contributed by atoms with E-state index in [1.54, 1.807) is 6.92 Å². The number of fused-ring (bicyclic) bond motifs is 1. The van der Waals surface area contributed by atoms with Crippen LogP contribution < -0.4 is 14.8 Å². The van der Waals surface area contributed by atoms with Crippen molar-refractivity contribution in [2.75, 3.05) is 43.4 Å². The Morgan fingerprint density at radius 3 is 2.35 bits per heavy atom. The third-order valence-corrected chi connectivity index (χ3v) is 10.3. The first kappa shape index (κ1) is 40.7. The summed E-state index contributed by atoms with van der Waals surface area (Å²) in [6.45, 7) is 5.51. The Bertz CT molecular complexity index is 1780. The molecule has 0 aromatic heterocycles. The Hall–Kier alpha value is -4.05. The van der Waals surface area contributed by atoms with Crippen molar-refractivity contribution in [1.29, 1.82) is 0 Å². The molecule has 3 aromatic carbocycles. The zero-order valence-corrected chi connectivity index (χ0v) is 30.9. The van der Waals surface area contributed by atoms with Gasteiger partial charge in [-0.2, -0.15) is 13.2 Å². The van der Waals surface area contributed by atoms with Crippen LogP contribution in [-0.4, -0.2) is 86.9 Å². The molecule has 16 heteroatoms. The summed E-state index contributed by atoms with van der Waals surface area (Å²) in [7, 11) is -2.51. The maximum atomic E-state index is 14.4. The van der Waals surface area contributed by atoms with Gasteiger partial charge < -0.3 is 29.7 Å². The number of nitrogens with zero attached hydrogens (tertiary/aromatic N) is 2. The zero-order chi connectivity index (χ0) is 38.2. The van der Waals surface area contributed by atoms with Gasteiger partial charge in [0.2, 0.25) is 0 Å². The van der Waals surface area contributed by atoms with Gasteiger partial charge in [-0.25, -0.2) is 13.2 Å². The molecule has 4 atom stereocenters. The zero-order valence-electron chi connectivity index (χ0n) is 29.3. The number of sulfonamides is 1. The van der Waals surface area contributed by atoms with Crippen LogP contribution in [-0.2, 0) is 20.9 Å². The van der Waals surface area contributed by atoms with Gasteiger partial charge in [0, 0.05) is 49.1 Å². The Balaban J connectivity index is 1.59. The first-order valence-electron chi connectivity index (χ1n) is 16.8. The highest BCUT2D eigenvalue weighted by molar-refractivity contribution is 7.92. The Kier molecular flexibility index (Phi) is 13.8. The van der Waals surface area contributed by atoms with E-state index in [2.05, 4.69) is 10.0 Å². The number of hydrogen-bond acceptors (Lipinski definition) is 7. The summed E-state index contributed by atoms with van der Waals surface area (Å²) < 4.78 is 80.3. The van der Waals surface area contributed by atoms with Gasteiger partial charge in [0.1, 0.15) is 5.75 Å². The van der Waals surface area contributed by atoms with Crippen molar-refractivity contribution in [2.24, 2.45) is 5.92 Å². The van der Waals surface area contributed by atoms with Crippen LogP contribution >= 0.6 is 11.6 Å². The standard InChI is InChI=1S/C36H44ClF3N4O7S/c1-23-20-44(24(2)22-45)34(46)31-19-29(42-52(48,49)30-15-10-27(37)11-16-30)14-17-32(31)51-25(3)7-5-6-18-50-33(23)21-43(4)35(47)41-28-12-8-26(9-13-28)36(38,39)40/h8-17,19,23-25,33,42,45H,5-7,18,20-22H2,1-4H3,(H,41,47)/t23-,24+,25-,33-/m1/s1. The Morgan fingerprint density at radius 2 is 1.71 bits per heavy atom. The van der Waals surface area contributed by atoms with Gasteiger partial charge >= 0.3 is 12.2 Å². The first-order chi connectivity index (χ1) is 24.5. The molecule has 0 saturated heterocycles. The number of aliphatic hydroxyl groups excluding tert-OH is 1. The monoisotopic (exact) mass is 768 g/mol. The molecule has 0 aliphatic carbocycles. The predicted octanol–water partition coefficient (Wildman–Crippen LogP) is 7.12. The average Bonchev–Trinajstić information content (AvgIpc) is 3.09. The van der Waals surface area contributed by atoms with E-state index in [0.717, 1.165) is 18.6 Å². The molecular weight excluding hydrogens is 725 g/mol. The van der Waals surface area contributed by atoms with Crippen molar-refractivity contribution in [3.63, 3.8) is 0 Å². The highest BCUT2D eigenvalue weighted by atomic mass is 35.5. The second-order valence-corrected chi connectivity index (χ2v) is 15.1.